The van der Waals surface area contributed by atoms with Crippen molar-refractivity contribution in [3.8, 4) is 0 Å². The molecule has 5 heteroatoms. The normalized spacial score (nSPS) is 13.4. The molecule has 4 nitrogen and oxygen atoms in total. The van der Waals surface area contributed by atoms with Gasteiger partial charge in [-0.1, -0.05) is 6.08 Å². The van der Waals surface area contributed by atoms with Gasteiger partial charge in [-0.3, -0.25) is 4.79 Å². The molecule has 0 aromatic carbocycles. The topological polar surface area (TPSA) is 66.4 Å². The van der Waals surface area contributed by atoms with Crippen molar-refractivity contribution in [3.05, 3.63) is 24.3 Å². The van der Waals surface area contributed by atoms with Gasteiger partial charge in [-0.2, -0.15) is 0 Å². The summed E-state index contributed by atoms with van der Waals surface area (Å²) in [6.07, 6.45) is 3.39. The summed E-state index contributed by atoms with van der Waals surface area (Å²) in [5, 5.41) is 2.58. The average Bonchev–Trinajstić information content (AvgIpc) is 2.03. The van der Waals surface area contributed by atoms with Crippen molar-refractivity contribution in [1.82, 2.24) is 5.32 Å². The number of carbonyl (C=O) groups excluding carboxylic acids is 1. The molecule has 0 saturated carbocycles. The fourth-order valence-electron chi connectivity index (χ4n) is 0.914. The summed E-state index contributed by atoms with van der Waals surface area (Å²) in [5.41, 5.74) is 0.604. The molecule has 2 N–H and O–H groups in total. The Morgan fingerprint density at radius 2 is 2.29 bits per heavy atom. The number of amides is 1. The van der Waals surface area contributed by atoms with E-state index in [0.717, 1.165) is 0 Å². The van der Waals surface area contributed by atoms with Gasteiger partial charge in [0.15, 0.2) is 11.1 Å². The molecular weight excluding hydrogens is 202 g/mol. The Balaban J connectivity index is 4.37. The van der Waals surface area contributed by atoms with Crippen LogP contribution in [0.3, 0.4) is 0 Å². The lowest BCUT2D eigenvalue weighted by Crippen LogP contribution is -2.21. The molecule has 0 saturated heterocycles. The fourth-order valence-corrected chi connectivity index (χ4v) is 1.43. The number of allylic oxidation sites excluding steroid dienone is 1. The van der Waals surface area contributed by atoms with Gasteiger partial charge in [0, 0.05) is 12.6 Å². The summed E-state index contributed by atoms with van der Waals surface area (Å²) in [6, 6.07) is 0. The first-order chi connectivity index (χ1) is 6.60. The molecule has 0 fully saturated rings. The standard InChI is InChI=1S/C9H15NO3S/c1-3-5-8(7-14(12)13)6-9(11)10-4-2/h3,6H,1,4-5,7H2,2H3,(H,10,11)(H,12,13)/b8-6+. The third-order valence-corrected chi connectivity index (χ3v) is 2.02. The second-order valence-corrected chi connectivity index (χ2v) is 3.59. The quantitative estimate of drug-likeness (QED) is 0.394. The van der Waals surface area contributed by atoms with Crippen molar-refractivity contribution >= 4 is 17.0 Å². The van der Waals surface area contributed by atoms with E-state index in [1.54, 1.807) is 6.08 Å². The van der Waals surface area contributed by atoms with Crippen LogP contribution in [-0.4, -0.2) is 27.0 Å². The Morgan fingerprint density at radius 3 is 2.71 bits per heavy atom. The molecule has 0 spiro atoms. The van der Waals surface area contributed by atoms with Crippen LogP contribution in [0, 0.1) is 0 Å². The van der Waals surface area contributed by atoms with Crippen LogP contribution in [0.15, 0.2) is 24.3 Å². The smallest absolute Gasteiger partial charge is 0.243 e. The Hall–Kier alpha value is -0.940. The maximum atomic E-state index is 11.1. The van der Waals surface area contributed by atoms with Gasteiger partial charge in [0.25, 0.3) is 0 Å². The van der Waals surface area contributed by atoms with Gasteiger partial charge in [0.1, 0.15) is 0 Å². The molecule has 1 atom stereocenters. The maximum Gasteiger partial charge on any atom is 0.243 e. The predicted octanol–water partition coefficient (Wildman–Crippen LogP) is 0.847. The van der Waals surface area contributed by atoms with Crippen molar-refractivity contribution in [2.45, 2.75) is 13.3 Å². The van der Waals surface area contributed by atoms with Crippen molar-refractivity contribution in [2.24, 2.45) is 0 Å². The second kappa shape index (κ2) is 7.46. The fraction of sp³-hybridized carbons (Fsp3) is 0.444. The molecular formula is C9H15NO3S. The predicted molar refractivity (Wildman–Crippen MR) is 57.2 cm³/mol. The van der Waals surface area contributed by atoms with Gasteiger partial charge in [-0.25, -0.2) is 4.21 Å². The third-order valence-electron chi connectivity index (χ3n) is 1.40. The van der Waals surface area contributed by atoms with Gasteiger partial charge >= 0.3 is 0 Å². The molecule has 0 aromatic heterocycles. The summed E-state index contributed by atoms with van der Waals surface area (Å²) in [5.74, 6) is -0.252. The van der Waals surface area contributed by atoms with E-state index in [9.17, 15) is 9.00 Å². The van der Waals surface area contributed by atoms with E-state index in [-0.39, 0.29) is 11.7 Å². The number of carbonyl (C=O) groups is 1. The highest BCUT2D eigenvalue weighted by Gasteiger charge is 2.03. The molecule has 14 heavy (non-hydrogen) atoms. The molecule has 80 valence electrons. The van der Waals surface area contributed by atoms with E-state index in [0.29, 0.717) is 18.5 Å². The SMILES string of the molecule is C=CC/C(=C\C(=O)NCC)CS(=O)O. The number of hydrogen-bond donors (Lipinski definition) is 2. The highest BCUT2D eigenvalue weighted by molar-refractivity contribution is 7.79. The van der Waals surface area contributed by atoms with E-state index in [4.69, 9.17) is 4.55 Å². The molecule has 0 heterocycles. The van der Waals surface area contributed by atoms with Crippen LogP contribution in [0.4, 0.5) is 0 Å². The maximum absolute atomic E-state index is 11.1. The second-order valence-electron chi connectivity index (χ2n) is 2.66. The van der Waals surface area contributed by atoms with Gasteiger partial charge in [0.05, 0.1) is 5.75 Å². The Bertz CT molecular complexity index is 261. The molecule has 0 bridgehead atoms. The molecule has 0 aliphatic carbocycles. The number of likely N-dealkylation sites (N-methyl/N-ethyl adjacent to an activating group) is 1. The first-order valence-electron chi connectivity index (χ1n) is 4.25. The first kappa shape index (κ1) is 13.1. The zero-order valence-electron chi connectivity index (χ0n) is 8.16. The minimum Gasteiger partial charge on any atom is -0.353 e. The van der Waals surface area contributed by atoms with Crippen molar-refractivity contribution < 1.29 is 13.6 Å². The Labute approximate surface area is 86.4 Å². The van der Waals surface area contributed by atoms with E-state index < -0.39 is 11.1 Å². The van der Waals surface area contributed by atoms with Gasteiger partial charge in [-0.15, -0.1) is 6.58 Å². The Kier molecular flexibility index (Phi) is 6.96. The summed E-state index contributed by atoms with van der Waals surface area (Å²) in [6.45, 7) is 5.86. The van der Waals surface area contributed by atoms with Crippen LogP contribution >= 0.6 is 0 Å². The van der Waals surface area contributed by atoms with Crippen LogP contribution in [0.2, 0.25) is 0 Å². The third kappa shape index (κ3) is 6.56. The van der Waals surface area contributed by atoms with E-state index in [1.165, 1.54) is 6.08 Å². The summed E-state index contributed by atoms with van der Waals surface area (Å²) < 4.78 is 19.2. The lowest BCUT2D eigenvalue weighted by atomic mass is 10.2. The van der Waals surface area contributed by atoms with Crippen molar-refractivity contribution in [1.29, 1.82) is 0 Å². The van der Waals surface area contributed by atoms with Crippen LogP contribution in [0.25, 0.3) is 0 Å². The number of rotatable bonds is 6. The van der Waals surface area contributed by atoms with Gasteiger partial charge in [-0.05, 0) is 18.9 Å². The molecule has 1 amide bonds. The van der Waals surface area contributed by atoms with Crippen LogP contribution in [0.1, 0.15) is 13.3 Å². The van der Waals surface area contributed by atoms with E-state index in [2.05, 4.69) is 11.9 Å². The summed E-state index contributed by atoms with van der Waals surface area (Å²) in [7, 11) is 0. The summed E-state index contributed by atoms with van der Waals surface area (Å²) >= 11 is -1.91. The molecule has 0 aliphatic rings. The van der Waals surface area contributed by atoms with E-state index in [1.807, 2.05) is 6.92 Å². The zero-order valence-corrected chi connectivity index (χ0v) is 8.97. The van der Waals surface area contributed by atoms with Crippen LogP contribution in [0.5, 0.6) is 0 Å². The monoisotopic (exact) mass is 217 g/mol. The number of nitrogens with one attached hydrogen (secondary N) is 1. The minimum atomic E-state index is -1.91. The largest absolute Gasteiger partial charge is 0.353 e. The van der Waals surface area contributed by atoms with Crippen molar-refractivity contribution in [2.75, 3.05) is 12.3 Å². The van der Waals surface area contributed by atoms with E-state index >= 15 is 0 Å². The van der Waals surface area contributed by atoms with Gasteiger partial charge in [0.2, 0.25) is 5.91 Å². The zero-order chi connectivity index (χ0) is 11.0. The molecule has 0 rings (SSSR count). The Morgan fingerprint density at radius 1 is 1.64 bits per heavy atom. The average molecular weight is 217 g/mol. The molecule has 1 unspecified atom stereocenters. The number of hydrogen-bond acceptors (Lipinski definition) is 2. The van der Waals surface area contributed by atoms with Crippen molar-refractivity contribution in [3.63, 3.8) is 0 Å². The van der Waals surface area contributed by atoms with Crippen LogP contribution in [-0.2, 0) is 15.9 Å². The first-order valence-corrected chi connectivity index (χ1v) is 5.53. The minimum absolute atomic E-state index is 0.0108. The highest BCUT2D eigenvalue weighted by Crippen LogP contribution is 2.03. The molecule has 0 aliphatic heterocycles. The lowest BCUT2D eigenvalue weighted by Gasteiger charge is -2.01. The molecule has 0 aromatic rings. The summed E-state index contributed by atoms with van der Waals surface area (Å²) in [4.78, 5) is 11.1. The highest BCUT2D eigenvalue weighted by atomic mass is 32.2. The van der Waals surface area contributed by atoms with Crippen LogP contribution < -0.4 is 5.32 Å². The molecule has 0 radical (unpaired) electrons. The lowest BCUT2D eigenvalue weighted by molar-refractivity contribution is -0.116. The van der Waals surface area contributed by atoms with Gasteiger partial charge < -0.3 is 9.87 Å².